The normalized spacial score (nSPS) is 12.9. The largest absolute Gasteiger partial charge is 0.461 e. The average molecular weight is 864 g/mol. The fourth-order valence-electron chi connectivity index (χ4n) is 6.94. The van der Waals surface area contributed by atoms with Crippen molar-refractivity contribution < 1.29 is 41.4 Å². The molecule has 0 aliphatic carbocycles. The Bertz CT molecular complexity index is 1020. The number of carbonyl (C=O) groups excluding carboxylic acids is 3. The highest BCUT2D eigenvalue weighted by atomic mass is 31.1. The fourth-order valence-corrected chi connectivity index (χ4v) is 9.35. The highest BCUT2D eigenvalue weighted by Gasteiger charge is 2.25. The van der Waals surface area contributed by atoms with Crippen molar-refractivity contribution >= 4 is 25.4 Å². The molecule has 0 aromatic rings. The lowest BCUT2D eigenvalue weighted by molar-refractivity contribution is -0.143. The van der Waals surface area contributed by atoms with E-state index in [4.69, 9.17) is 9.47 Å². The Labute approximate surface area is 359 Å². The standard InChI is InChI=1S/C48H86F4NO5P/c1-5-7-9-11-13-19-25-35-47(49,50)37-30-40-57-44(54)32-23-17-15-21-27-42-59(46(56)34-29-39-53(3)4)43-28-22-16-18-24-33-45(55)58-41-31-38-48(51,52)36-26-20-14-12-10-8-6-2/h30-31,37-38H,5-29,32-36,39-43H2,1-4H3. The van der Waals surface area contributed by atoms with E-state index in [2.05, 4.69) is 18.7 Å². The molecule has 0 radical (unpaired) electrons. The van der Waals surface area contributed by atoms with E-state index in [0.717, 1.165) is 127 Å². The molecule has 0 saturated heterocycles. The Hall–Kier alpha value is -1.80. The van der Waals surface area contributed by atoms with Crippen molar-refractivity contribution in [3.05, 3.63) is 24.3 Å². The van der Waals surface area contributed by atoms with Crippen LogP contribution in [0.3, 0.4) is 0 Å². The summed E-state index contributed by atoms with van der Waals surface area (Å²) in [5, 5.41) is 0. The number of allylic oxidation sites excluding steroid dienone is 2. The first-order chi connectivity index (χ1) is 28.3. The predicted molar refractivity (Wildman–Crippen MR) is 240 cm³/mol. The van der Waals surface area contributed by atoms with E-state index < -0.39 is 19.8 Å². The molecule has 0 spiro atoms. The lowest BCUT2D eigenvalue weighted by Crippen LogP contribution is -2.14. The van der Waals surface area contributed by atoms with Crippen molar-refractivity contribution in [3.63, 3.8) is 0 Å². The summed E-state index contributed by atoms with van der Waals surface area (Å²) in [4.78, 5) is 39.4. The molecule has 0 heterocycles. The number of ether oxygens (including phenoxy) is 2. The summed E-state index contributed by atoms with van der Waals surface area (Å²) < 4.78 is 66.6. The Balaban J connectivity index is 4.22. The van der Waals surface area contributed by atoms with Gasteiger partial charge in [-0.05, 0) is 110 Å². The second-order valence-corrected chi connectivity index (χ2v) is 19.2. The van der Waals surface area contributed by atoms with Crippen LogP contribution in [0.1, 0.15) is 206 Å². The van der Waals surface area contributed by atoms with Crippen LogP contribution in [0.2, 0.25) is 0 Å². The number of alkyl halides is 4. The van der Waals surface area contributed by atoms with Crippen LogP contribution in [0, 0.1) is 0 Å². The number of hydrogen-bond donors (Lipinski definition) is 0. The summed E-state index contributed by atoms with van der Waals surface area (Å²) in [7, 11) is 3.33. The van der Waals surface area contributed by atoms with E-state index in [1.165, 1.54) is 50.7 Å². The molecule has 0 aromatic heterocycles. The molecule has 0 fully saturated rings. The van der Waals surface area contributed by atoms with E-state index in [1.807, 2.05) is 14.1 Å². The molecule has 0 amide bonds. The minimum absolute atomic E-state index is 0.128. The highest BCUT2D eigenvalue weighted by molar-refractivity contribution is 7.74. The first kappa shape index (κ1) is 57.2. The summed E-state index contributed by atoms with van der Waals surface area (Å²) >= 11 is 0. The number of nitrogens with zero attached hydrogens (tertiary/aromatic N) is 1. The molecule has 0 aliphatic rings. The van der Waals surface area contributed by atoms with Gasteiger partial charge >= 0.3 is 11.9 Å². The van der Waals surface area contributed by atoms with Crippen molar-refractivity contribution in [2.75, 3.05) is 46.2 Å². The maximum atomic E-state index is 14.1. The number of rotatable bonds is 43. The minimum Gasteiger partial charge on any atom is -0.461 e. The summed E-state index contributed by atoms with van der Waals surface area (Å²) in [6.45, 7) is 4.95. The smallest absolute Gasteiger partial charge is 0.306 e. The maximum absolute atomic E-state index is 14.1. The van der Waals surface area contributed by atoms with Crippen molar-refractivity contribution in [2.24, 2.45) is 0 Å². The molecule has 59 heavy (non-hydrogen) atoms. The molecule has 0 N–H and O–H groups in total. The second kappa shape index (κ2) is 39.1. The maximum Gasteiger partial charge on any atom is 0.306 e. The van der Waals surface area contributed by atoms with E-state index in [0.29, 0.717) is 37.6 Å². The molecule has 0 aromatic carbocycles. The highest BCUT2D eigenvalue weighted by Crippen LogP contribution is 2.41. The fraction of sp³-hybridized carbons (Fsp3) is 0.854. The molecule has 0 unspecified atom stereocenters. The van der Waals surface area contributed by atoms with Crippen LogP contribution in [0.5, 0.6) is 0 Å². The predicted octanol–water partition coefficient (Wildman–Crippen LogP) is 14.8. The third-order valence-corrected chi connectivity index (χ3v) is 13.2. The minimum atomic E-state index is -2.87. The lowest BCUT2D eigenvalue weighted by Gasteiger charge is -2.17. The van der Waals surface area contributed by atoms with E-state index in [9.17, 15) is 31.9 Å². The molecular formula is C48H86F4NO5P. The zero-order chi connectivity index (χ0) is 43.9. The molecule has 0 bridgehead atoms. The Kier molecular flexibility index (Phi) is 37.9. The zero-order valence-electron chi connectivity index (χ0n) is 38.0. The van der Waals surface area contributed by atoms with Gasteiger partial charge in [0.2, 0.25) is 0 Å². The molecule has 0 rings (SSSR count). The number of esters is 2. The van der Waals surface area contributed by atoms with Gasteiger partial charge in [-0.25, -0.2) is 17.6 Å². The van der Waals surface area contributed by atoms with Gasteiger partial charge in [-0.3, -0.25) is 14.4 Å². The first-order valence-corrected chi connectivity index (χ1v) is 25.4. The quantitative estimate of drug-likeness (QED) is 0.0200. The van der Waals surface area contributed by atoms with Crippen LogP contribution < -0.4 is 0 Å². The van der Waals surface area contributed by atoms with Crippen molar-refractivity contribution in [2.45, 2.75) is 218 Å². The van der Waals surface area contributed by atoms with Gasteiger partial charge in [0.05, 0.1) is 0 Å². The molecule has 6 nitrogen and oxygen atoms in total. The topological polar surface area (TPSA) is 72.9 Å². The van der Waals surface area contributed by atoms with Crippen LogP contribution in [0.25, 0.3) is 0 Å². The Morgan fingerprint density at radius 3 is 1.24 bits per heavy atom. The third-order valence-electron chi connectivity index (χ3n) is 10.6. The van der Waals surface area contributed by atoms with Gasteiger partial charge in [-0.1, -0.05) is 129 Å². The molecule has 346 valence electrons. The van der Waals surface area contributed by atoms with Crippen LogP contribution in [0.4, 0.5) is 17.6 Å². The van der Waals surface area contributed by atoms with Crippen LogP contribution >= 0.6 is 7.92 Å². The van der Waals surface area contributed by atoms with Crippen LogP contribution in [0.15, 0.2) is 24.3 Å². The SMILES string of the molecule is CCCCCCCCCC(F)(F)C=CCOC(=O)CCCCCCCP(CCCCCCCC(=O)OCC=CC(F)(F)CCCCCCCCC)C(=O)CCCN(C)C. The third kappa shape index (κ3) is 40.1. The van der Waals surface area contributed by atoms with Gasteiger partial charge in [-0.15, -0.1) is 0 Å². The Morgan fingerprint density at radius 1 is 0.492 bits per heavy atom. The van der Waals surface area contributed by atoms with E-state index >= 15 is 0 Å². The second-order valence-electron chi connectivity index (χ2n) is 16.8. The summed E-state index contributed by atoms with van der Waals surface area (Å²) in [5.41, 5.74) is 0.404. The zero-order valence-corrected chi connectivity index (χ0v) is 38.9. The number of unbranched alkanes of at least 4 members (excludes halogenated alkanes) is 20. The van der Waals surface area contributed by atoms with Crippen molar-refractivity contribution in [3.8, 4) is 0 Å². The summed E-state index contributed by atoms with van der Waals surface area (Å²) in [6.07, 6.45) is 30.8. The molecule has 0 saturated carbocycles. The summed E-state index contributed by atoms with van der Waals surface area (Å²) in [5.74, 6) is -6.46. The van der Waals surface area contributed by atoms with Crippen LogP contribution in [-0.4, -0.2) is 80.4 Å². The lowest BCUT2D eigenvalue weighted by atomic mass is 10.1. The van der Waals surface area contributed by atoms with Gasteiger partial charge in [0, 0.05) is 32.1 Å². The van der Waals surface area contributed by atoms with Gasteiger partial charge < -0.3 is 14.4 Å². The van der Waals surface area contributed by atoms with Crippen LogP contribution in [-0.2, 0) is 23.9 Å². The van der Waals surface area contributed by atoms with E-state index in [1.54, 1.807) is 0 Å². The van der Waals surface area contributed by atoms with Crippen molar-refractivity contribution in [1.82, 2.24) is 4.90 Å². The van der Waals surface area contributed by atoms with Gasteiger partial charge in [-0.2, -0.15) is 0 Å². The molecule has 11 heteroatoms. The first-order valence-electron chi connectivity index (χ1n) is 23.7. The summed E-state index contributed by atoms with van der Waals surface area (Å²) in [6, 6.07) is 0. The van der Waals surface area contributed by atoms with Gasteiger partial charge in [0.25, 0.3) is 11.8 Å². The molecular weight excluding hydrogens is 777 g/mol. The number of hydrogen-bond acceptors (Lipinski definition) is 6. The van der Waals surface area contributed by atoms with Gasteiger partial charge in [0.1, 0.15) is 13.2 Å². The molecule has 0 atom stereocenters. The van der Waals surface area contributed by atoms with Crippen molar-refractivity contribution in [1.29, 1.82) is 0 Å². The van der Waals surface area contributed by atoms with E-state index in [-0.39, 0.29) is 50.8 Å². The number of carbonyl (C=O) groups is 3. The Morgan fingerprint density at radius 2 is 0.847 bits per heavy atom. The van der Waals surface area contributed by atoms with Gasteiger partial charge in [0.15, 0.2) is 5.52 Å². The average Bonchev–Trinajstić information content (AvgIpc) is 3.18. The monoisotopic (exact) mass is 864 g/mol. The molecule has 0 aliphatic heterocycles. The number of halogens is 4.